The molecule has 5 heteroatoms. The number of amides is 1. The number of hydrogen-bond donors (Lipinski definition) is 2. The topological polar surface area (TPSA) is 69.6 Å². The zero-order chi connectivity index (χ0) is 12.7. The van der Waals surface area contributed by atoms with Gasteiger partial charge in [0.25, 0.3) is 0 Å². The first-order valence-electron chi connectivity index (χ1n) is 6.37. The van der Waals surface area contributed by atoms with Gasteiger partial charge in [0, 0.05) is 19.0 Å². The number of carbonyl (C=O) groups is 2. The van der Waals surface area contributed by atoms with Crippen LogP contribution in [0.5, 0.6) is 0 Å². The Morgan fingerprint density at radius 3 is 2.82 bits per heavy atom. The number of nitrogens with one attached hydrogen (secondary N) is 1. The molecule has 0 radical (unpaired) electrons. The molecule has 0 bridgehead atoms. The summed E-state index contributed by atoms with van der Waals surface area (Å²) in [4.78, 5) is 24.4. The van der Waals surface area contributed by atoms with E-state index >= 15 is 0 Å². The Kier molecular flexibility index (Phi) is 5.97. The normalized spacial score (nSPS) is 20.3. The van der Waals surface area contributed by atoms with Crippen molar-refractivity contribution in [2.75, 3.05) is 19.6 Å². The number of hydrogen-bond acceptors (Lipinski definition) is 3. The number of likely N-dealkylation sites (N-methyl/N-ethyl adjacent to an activating group) is 1. The highest BCUT2D eigenvalue weighted by molar-refractivity contribution is 5.78. The van der Waals surface area contributed by atoms with E-state index in [0.29, 0.717) is 13.0 Å². The minimum Gasteiger partial charge on any atom is -0.481 e. The molecule has 98 valence electrons. The number of nitrogens with zero attached hydrogens (tertiary/aromatic N) is 1. The van der Waals surface area contributed by atoms with Crippen LogP contribution < -0.4 is 5.32 Å². The highest BCUT2D eigenvalue weighted by atomic mass is 16.4. The van der Waals surface area contributed by atoms with E-state index < -0.39 is 5.97 Å². The largest absolute Gasteiger partial charge is 0.481 e. The zero-order valence-corrected chi connectivity index (χ0v) is 10.4. The first-order chi connectivity index (χ1) is 8.15. The van der Waals surface area contributed by atoms with Crippen molar-refractivity contribution in [2.24, 2.45) is 0 Å². The Labute approximate surface area is 102 Å². The molecule has 0 spiro atoms. The zero-order valence-electron chi connectivity index (χ0n) is 10.4. The number of carboxylic acid groups (broad SMARTS) is 1. The van der Waals surface area contributed by atoms with E-state index in [2.05, 4.69) is 5.32 Å². The van der Waals surface area contributed by atoms with Gasteiger partial charge in [-0.1, -0.05) is 6.92 Å². The van der Waals surface area contributed by atoms with Crippen molar-refractivity contribution in [3.8, 4) is 0 Å². The van der Waals surface area contributed by atoms with Crippen LogP contribution in [0.4, 0.5) is 0 Å². The van der Waals surface area contributed by atoms with E-state index in [1.54, 1.807) is 0 Å². The van der Waals surface area contributed by atoms with Crippen LogP contribution in [-0.4, -0.2) is 47.6 Å². The molecule has 0 aromatic carbocycles. The summed E-state index contributed by atoms with van der Waals surface area (Å²) in [6.45, 7) is 3.87. The molecule has 1 heterocycles. The molecule has 2 N–H and O–H groups in total. The van der Waals surface area contributed by atoms with E-state index in [-0.39, 0.29) is 18.4 Å². The van der Waals surface area contributed by atoms with E-state index in [0.717, 1.165) is 32.4 Å². The van der Waals surface area contributed by atoms with Crippen molar-refractivity contribution in [3.05, 3.63) is 0 Å². The molecule has 0 aliphatic carbocycles. The third-order valence-corrected chi connectivity index (χ3v) is 3.17. The SMILES string of the molecule is CCNCC(=O)N1CCCCC1CCC(=O)O. The number of likely N-dealkylation sites (tertiary alicyclic amines) is 1. The van der Waals surface area contributed by atoms with Crippen LogP contribution in [0.15, 0.2) is 0 Å². The molecule has 1 rings (SSSR count). The van der Waals surface area contributed by atoms with Crippen molar-refractivity contribution in [3.63, 3.8) is 0 Å². The van der Waals surface area contributed by atoms with Gasteiger partial charge in [-0.25, -0.2) is 0 Å². The van der Waals surface area contributed by atoms with Gasteiger partial charge >= 0.3 is 5.97 Å². The summed E-state index contributed by atoms with van der Waals surface area (Å²) in [6, 6.07) is 0.117. The second-order valence-electron chi connectivity index (χ2n) is 4.45. The molecule has 1 amide bonds. The fourth-order valence-corrected chi connectivity index (χ4v) is 2.25. The maximum Gasteiger partial charge on any atom is 0.303 e. The molecule has 0 aromatic heterocycles. The average Bonchev–Trinajstić information content (AvgIpc) is 2.33. The monoisotopic (exact) mass is 242 g/mol. The lowest BCUT2D eigenvalue weighted by molar-refractivity contribution is -0.139. The van der Waals surface area contributed by atoms with Gasteiger partial charge in [-0.15, -0.1) is 0 Å². The molecular weight excluding hydrogens is 220 g/mol. The van der Waals surface area contributed by atoms with Crippen molar-refractivity contribution < 1.29 is 14.7 Å². The Hall–Kier alpha value is -1.10. The van der Waals surface area contributed by atoms with Gasteiger partial charge in [-0.05, 0) is 32.2 Å². The van der Waals surface area contributed by atoms with Gasteiger partial charge in [-0.3, -0.25) is 9.59 Å². The number of aliphatic carboxylic acids is 1. The van der Waals surface area contributed by atoms with Gasteiger partial charge in [0.1, 0.15) is 0 Å². The molecule has 1 unspecified atom stereocenters. The van der Waals surface area contributed by atoms with E-state index in [4.69, 9.17) is 5.11 Å². The molecule has 0 aromatic rings. The van der Waals surface area contributed by atoms with Crippen molar-refractivity contribution in [1.29, 1.82) is 0 Å². The second-order valence-corrected chi connectivity index (χ2v) is 4.45. The summed E-state index contributed by atoms with van der Waals surface area (Å²) in [7, 11) is 0. The van der Waals surface area contributed by atoms with Crippen molar-refractivity contribution >= 4 is 11.9 Å². The summed E-state index contributed by atoms with van der Waals surface area (Å²) < 4.78 is 0. The predicted octanol–water partition coefficient (Wildman–Crippen LogP) is 0.842. The highest BCUT2D eigenvalue weighted by Crippen LogP contribution is 2.20. The Bertz CT molecular complexity index is 268. The Balaban J connectivity index is 2.46. The number of carboxylic acids is 1. The highest BCUT2D eigenvalue weighted by Gasteiger charge is 2.26. The molecule has 5 nitrogen and oxygen atoms in total. The third kappa shape index (κ3) is 4.73. The van der Waals surface area contributed by atoms with Crippen LogP contribution in [0.2, 0.25) is 0 Å². The minimum absolute atomic E-state index is 0.0990. The van der Waals surface area contributed by atoms with Gasteiger partial charge in [0.05, 0.1) is 6.54 Å². The lowest BCUT2D eigenvalue weighted by atomic mass is 9.98. The molecule has 1 aliphatic rings. The van der Waals surface area contributed by atoms with E-state index in [9.17, 15) is 9.59 Å². The van der Waals surface area contributed by atoms with E-state index in [1.807, 2.05) is 11.8 Å². The summed E-state index contributed by atoms with van der Waals surface area (Å²) >= 11 is 0. The van der Waals surface area contributed by atoms with Gasteiger partial charge in [-0.2, -0.15) is 0 Å². The number of piperidine rings is 1. The quantitative estimate of drug-likeness (QED) is 0.724. The predicted molar refractivity (Wildman–Crippen MR) is 64.8 cm³/mol. The lowest BCUT2D eigenvalue weighted by Crippen LogP contribution is -2.47. The standard InChI is InChI=1S/C12H22N2O3/c1-2-13-9-11(15)14-8-4-3-5-10(14)6-7-12(16)17/h10,13H,2-9H2,1H3,(H,16,17). The van der Waals surface area contributed by atoms with Crippen LogP contribution in [0.3, 0.4) is 0 Å². The Morgan fingerprint density at radius 1 is 1.41 bits per heavy atom. The smallest absolute Gasteiger partial charge is 0.303 e. The van der Waals surface area contributed by atoms with Crippen LogP contribution >= 0.6 is 0 Å². The van der Waals surface area contributed by atoms with Gasteiger partial charge in [0.2, 0.25) is 5.91 Å². The fraction of sp³-hybridized carbons (Fsp3) is 0.833. The van der Waals surface area contributed by atoms with Crippen molar-refractivity contribution in [2.45, 2.75) is 45.1 Å². The molecule has 1 fully saturated rings. The summed E-state index contributed by atoms with van der Waals surface area (Å²) in [5.74, 6) is -0.684. The number of carbonyl (C=O) groups excluding carboxylic acids is 1. The summed E-state index contributed by atoms with van der Waals surface area (Å²) in [5, 5.41) is 11.7. The second kappa shape index (κ2) is 7.27. The molecule has 1 atom stereocenters. The molecular formula is C12H22N2O3. The van der Waals surface area contributed by atoms with Gasteiger partial charge in [0.15, 0.2) is 0 Å². The Morgan fingerprint density at radius 2 is 2.18 bits per heavy atom. The molecule has 1 saturated heterocycles. The van der Waals surface area contributed by atoms with Crippen molar-refractivity contribution in [1.82, 2.24) is 10.2 Å². The molecule has 17 heavy (non-hydrogen) atoms. The van der Waals surface area contributed by atoms with Crippen LogP contribution in [0.1, 0.15) is 39.0 Å². The summed E-state index contributed by atoms with van der Waals surface area (Å²) in [6.07, 6.45) is 3.78. The van der Waals surface area contributed by atoms with Crippen LogP contribution in [-0.2, 0) is 9.59 Å². The maximum absolute atomic E-state index is 11.9. The third-order valence-electron chi connectivity index (χ3n) is 3.17. The molecule has 0 saturated carbocycles. The summed E-state index contributed by atoms with van der Waals surface area (Å²) in [5.41, 5.74) is 0. The fourth-order valence-electron chi connectivity index (χ4n) is 2.25. The van der Waals surface area contributed by atoms with Crippen LogP contribution in [0.25, 0.3) is 0 Å². The minimum atomic E-state index is -0.783. The van der Waals surface area contributed by atoms with E-state index in [1.165, 1.54) is 0 Å². The number of rotatable bonds is 6. The maximum atomic E-state index is 11.9. The average molecular weight is 242 g/mol. The first-order valence-corrected chi connectivity index (χ1v) is 6.37. The van der Waals surface area contributed by atoms with Crippen LogP contribution in [0, 0.1) is 0 Å². The molecule has 1 aliphatic heterocycles. The lowest BCUT2D eigenvalue weighted by Gasteiger charge is -2.35. The first kappa shape index (κ1) is 14.0. The van der Waals surface area contributed by atoms with Gasteiger partial charge < -0.3 is 15.3 Å².